The molecule has 3 rings (SSSR count). The lowest BCUT2D eigenvalue weighted by Gasteiger charge is -2.35. The van der Waals surface area contributed by atoms with Gasteiger partial charge in [-0.1, -0.05) is 12.1 Å². The van der Waals surface area contributed by atoms with Crippen LogP contribution in [0.15, 0.2) is 23.1 Å². The van der Waals surface area contributed by atoms with Gasteiger partial charge >= 0.3 is 6.03 Å². The molecule has 1 aromatic rings. The summed E-state index contributed by atoms with van der Waals surface area (Å²) in [6.45, 7) is 3.93. The molecule has 0 saturated carbocycles. The predicted octanol–water partition coefficient (Wildman–Crippen LogP) is 0.125. The number of hydrogen-bond acceptors (Lipinski definition) is 5. The number of benzene rings is 1. The van der Waals surface area contributed by atoms with Crippen LogP contribution in [0.2, 0.25) is 0 Å². The van der Waals surface area contributed by atoms with Crippen molar-refractivity contribution in [2.24, 2.45) is 0 Å². The highest BCUT2D eigenvalue weighted by molar-refractivity contribution is 7.89. The zero-order chi connectivity index (χ0) is 20.5. The summed E-state index contributed by atoms with van der Waals surface area (Å²) in [7, 11) is -3.79. The van der Waals surface area contributed by atoms with Gasteiger partial charge in [-0.2, -0.15) is 0 Å². The number of nitrogens with zero attached hydrogens (tertiary/aromatic N) is 2. The Kier molecular flexibility index (Phi) is 5.71. The number of nitrogens with one attached hydrogen (secondary N) is 2. The summed E-state index contributed by atoms with van der Waals surface area (Å²) in [5.41, 5.74) is 1.43. The standard InChI is InChI=1S/C18H24N4O5S/c1-12-3-4-13(2)15(9-12)28(26,27)20-11-16(23)21-7-5-14(6-8-21)22-17(24)10-19-18(22)25/h3-4,9,14,20H,5-8,10-11H2,1-2H3,(H,19,25). The minimum atomic E-state index is -3.79. The Morgan fingerprint density at radius 1 is 1.21 bits per heavy atom. The molecule has 2 N–H and O–H groups in total. The maximum absolute atomic E-state index is 12.5. The molecule has 2 heterocycles. The Hall–Kier alpha value is -2.46. The second kappa shape index (κ2) is 7.88. The molecule has 0 aromatic heterocycles. The summed E-state index contributed by atoms with van der Waals surface area (Å²) in [5.74, 6) is -0.583. The van der Waals surface area contributed by atoms with Gasteiger partial charge in [0.1, 0.15) is 0 Å². The van der Waals surface area contributed by atoms with Gasteiger partial charge in [-0.3, -0.25) is 14.5 Å². The largest absolute Gasteiger partial charge is 0.341 e. The van der Waals surface area contributed by atoms with Gasteiger partial charge in [0, 0.05) is 19.1 Å². The monoisotopic (exact) mass is 408 g/mol. The van der Waals surface area contributed by atoms with Crippen molar-refractivity contribution in [3.05, 3.63) is 29.3 Å². The van der Waals surface area contributed by atoms with E-state index in [9.17, 15) is 22.8 Å². The van der Waals surface area contributed by atoms with E-state index in [4.69, 9.17) is 0 Å². The molecule has 4 amide bonds. The van der Waals surface area contributed by atoms with Crippen LogP contribution >= 0.6 is 0 Å². The SMILES string of the molecule is Cc1ccc(C)c(S(=O)(=O)NCC(=O)N2CCC(N3C(=O)CNC3=O)CC2)c1. The Morgan fingerprint density at radius 3 is 2.50 bits per heavy atom. The quantitative estimate of drug-likeness (QED) is 0.672. The fourth-order valence-electron chi connectivity index (χ4n) is 3.52. The van der Waals surface area contributed by atoms with Crippen molar-refractivity contribution in [3.8, 4) is 0 Å². The highest BCUT2D eigenvalue weighted by Gasteiger charge is 2.37. The van der Waals surface area contributed by atoms with Gasteiger partial charge in [0.15, 0.2) is 0 Å². The van der Waals surface area contributed by atoms with Crippen LogP contribution in [0.25, 0.3) is 0 Å². The number of rotatable bonds is 5. The first-order valence-electron chi connectivity index (χ1n) is 9.13. The highest BCUT2D eigenvalue weighted by Crippen LogP contribution is 2.20. The topological polar surface area (TPSA) is 116 Å². The van der Waals surface area contributed by atoms with Gasteiger partial charge in [0.2, 0.25) is 21.8 Å². The lowest BCUT2D eigenvalue weighted by atomic mass is 10.0. The number of piperidine rings is 1. The number of carbonyl (C=O) groups excluding carboxylic acids is 3. The van der Waals surface area contributed by atoms with Crippen molar-refractivity contribution in [2.45, 2.75) is 37.6 Å². The summed E-state index contributed by atoms with van der Waals surface area (Å²) in [4.78, 5) is 38.9. The lowest BCUT2D eigenvalue weighted by molar-refractivity contribution is -0.132. The molecular formula is C18H24N4O5S. The van der Waals surface area contributed by atoms with Gasteiger partial charge in [-0.05, 0) is 43.9 Å². The van der Waals surface area contributed by atoms with Crippen molar-refractivity contribution in [1.29, 1.82) is 0 Å². The van der Waals surface area contributed by atoms with Crippen LogP contribution in [0.5, 0.6) is 0 Å². The first kappa shape index (κ1) is 20.3. The van der Waals surface area contributed by atoms with E-state index in [1.165, 1.54) is 4.90 Å². The third kappa shape index (κ3) is 4.17. The Labute approximate surface area is 164 Å². The number of urea groups is 1. The van der Waals surface area contributed by atoms with Crippen LogP contribution in [0.3, 0.4) is 0 Å². The van der Waals surface area contributed by atoms with Gasteiger partial charge < -0.3 is 10.2 Å². The molecule has 2 aliphatic rings. The first-order chi connectivity index (χ1) is 13.2. The molecule has 2 fully saturated rings. The van der Waals surface area contributed by atoms with Crippen LogP contribution in [0, 0.1) is 13.8 Å². The second-order valence-electron chi connectivity index (χ2n) is 7.13. The van der Waals surface area contributed by atoms with Gasteiger partial charge in [0.05, 0.1) is 18.0 Å². The number of aryl methyl sites for hydroxylation is 2. The lowest BCUT2D eigenvalue weighted by Crippen LogP contribution is -2.50. The van der Waals surface area contributed by atoms with Crippen LogP contribution in [0.4, 0.5) is 4.79 Å². The number of likely N-dealkylation sites (tertiary alicyclic amines) is 1. The molecule has 0 unspecified atom stereocenters. The van der Waals surface area contributed by atoms with Crippen molar-refractivity contribution in [3.63, 3.8) is 0 Å². The van der Waals surface area contributed by atoms with Gasteiger partial charge in [-0.15, -0.1) is 0 Å². The minimum Gasteiger partial charge on any atom is -0.341 e. The molecular weight excluding hydrogens is 384 g/mol. The molecule has 0 spiro atoms. The average Bonchev–Trinajstić information content (AvgIpc) is 3.00. The van der Waals surface area contributed by atoms with E-state index in [1.54, 1.807) is 30.9 Å². The highest BCUT2D eigenvalue weighted by atomic mass is 32.2. The van der Waals surface area contributed by atoms with E-state index >= 15 is 0 Å². The van der Waals surface area contributed by atoms with Crippen LogP contribution in [-0.4, -0.2) is 68.3 Å². The van der Waals surface area contributed by atoms with Crippen LogP contribution < -0.4 is 10.0 Å². The molecule has 2 aliphatic heterocycles. The predicted molar refractivity (Wildman–Crippen MR) is 101 cm³/mol. The molecule has 28 heavy (non-hydrogen) atoms. The zero-order valence-electron chi connectivity index (χ0n) is 15.9. The fourth-order valence-corrected chi connectivity index (χ4v) is 4.82. The molecule has 152 valence electrons. The summed E-state index contributed by atoms with van der Waals surface area (Å²) in [5, 5.41) is 2.49. The summed E-state index contributed by atoms with van der Waals surface area (Å²) < 4.78 is 27.4. The zero-order valence-corrected chi connectivity index (χ0v) is 16.7. The average molecular weight is 408 g/mol. The summed E-state index contributed by atoms with van der Waals surface area (Å²) >= 11 is 0. The number of amides is 4. The van der Waals surface area contributed by atoms with E-state index in [1.807, 2.05) is 6.07 Å². The van der Waals surface area contributed by atoms with E-state index in [-0.39, 0.29) is 35.8 Å². The normalized spacial score (nSPS) is 18.5. The Balaban J connectivity index is 1.55. The van der Waals surface area contributed by atoms with Gasteiger partial charge in [0.25, 0.3) is 0 Å². The van der Waals surface area contributed by atoms with Crippen LogP contribution in [-0.2, 0) is 19.6 Å². The summed E-state index contributed by atoms with van der Waals surface area (Å²) in [6.07, 6.45) is 0.962. The number of hydrogen-bond donors (Lipinski definition) is 2. The minimum absolute atomic E-state index is 0.0120. The van der Waals surface area contributed by atoms with E-state index < -0.39 is 16.1 Å². The third-order valence-electron chi connectivity index (χ3n) is 5.11. The molecule has 10 heteroatoms. The third-order valence-corrected chi connectivity index (χ3v) is 6.65. The smallest absolute Gasteiger partial charge is 0.324 e. The number of carbonyl (C=O) groups is 3. The Morgan fingerprint density at radius 2 is 1.89 bits per heavy atom. The maximum atomic E-state index is 12.5. The van der Waals surface area contributed by atoms with Gasteiger partial charge in [-0.25, -0.2) is 17.9 Å². The van der Waals surface area contributed by atoms with E-state index in [0.717, 1.165) is 5.56 Å². The maximum Gasteiger partial charge on any atom is 0.324 e. The molecule has 0 atom stereocenters. The number of imide groups is 1. The molecule has 2 saturated heterocycles. The number of sulfonamides is 1. The molecule has 0 bridgehead atoms. The molecule has 1 aromatic carbocycles. The van der Waals surface area contributed by atoms with Crippen molar-refractivity contribution >= 4 is 27.9 Å². The first-order valence-corrected chi connectivity index (χ1v) is 10.6. The summed E-state index contributed by atoms with van der Waals surface area (Å²) in [6, 6.07) is 4.51. The van der Waals surface area contributed by atoms with Crippen molar-refractivity contribution in [2.75, 3.05) is 26.2 Å². The van der Waals surface area contributed by atoms with Crippen molar-refractivity contribution in [1.82, 2.24) is 19.8 Å². The molecule has 9 nitrogen and oxygen atoms in total. The van der Waals surface area contributed by atoms with Crippen molar-refractivity contribution < 1.29 is 22.8 Å². The van der Waals surface area contributed by atoms with Crippen LogP contribution in [0.1, 0.15) is 24.0 Å². The molecule has 0 radical (unpaired) electrons. The molecule has 0 aliphatic carbocycles. The van der Waals surface area contributed by atoms with E-state index in [0.29, 0.717) is 31.5 Å². The van der Waals surface area contributed by atoms with E-state index in [2.05, 4.69) is 10.0 Å². The second-order valence-corrected chi connectivity index (χ2v) is 8.86. The fraction of sp³-hybridized carbons (Fsp3) is 0.500. The Bertz CT molecular complexity index is 891.